The zero-order chi connectivity index (χ0) is 13.5. The maximum atomic E-state index is 5.75. The molecule has 1 aromatic heterocycles. The van der Waals surface area contributed by atoms with E-state index >= 15 is 0 Å². The SMILES string of the molecule is CC(C)NCc1cccc(OCc2ccccn2)c1. The van der Waals surface area contributed by atoms with Crippen LogP contribution in [0.5, 0.6) is 5.75 Å². The Balaban J connectivity index is 1.91. The highest BCUT2D eigenvalue weighted by Crippen LogP contribution is 2.14. The number of nitrogens with one attached hydrogen (secondary N) is 1. The standard InChI is InChI=1S/C16H20N2O/c1-13(2)18-11-14-6-5-8-16(10-14)19-12-15-7-3-4-9-17-15/h3-10,13,18H,11-12H2,1-2H3. The molecule has 0 saturated heterocycles. The Hall–Kier alpha value is -1.87. The molecule has 1 aromatic carbocycles. The lowest BCUT2D eigenvalue weighted by Crippen LogP contribution is -2.21. The van der Waals surface area contributed by atoms with Crippen molar-refractivity contribution < 1.29 is 4.74 Å². The van der Waals surface area contributed by atoms with Crippen LogP contribution in [0.4, 0.5) is 0 Å². The van der Waals surface area contributed by atoms with Crippen molar-refractivity contribution in [3.63, 3.8) is 0 Å². The number of ether oxygens (including phenoxy) is 1. The first kappa shape index (κ1) is 13.6. The molecule has 0 saturated carbocycles. The van der Waals surface area contributed by atoms with E-state index in [9.17, 15) is 0 Å². The second-order valence-electron chi connectivity index (χ2n) is 4.79. The van der Waals surface area contributed by atoms with Gasteiger partial charge in [0, 0.05) is 18.8 Å². The Labute approximate surface area is 114 Å². The first-order chi connectivity index (χ1) is 9.24. The summed E-state index contributed by atoms with van der Waals surface area (Å²) in [4.78, 5) is 4.24. The van der Waals surface area contributed by atoms with Gasteiger partial charge >= 0.3 is 0 Å². The van der Waals surface area contributed by atoms with Crippen molar-refractivity contribution in [2.75, 3.05) is 0 Å². The van der Waals surface area contributed by atoms with Crippen molar-refractivity contribution in [3.8, 4) is 5.75 Å². The molecule has 0 amide bonds. The average molecular weight is 256 g/mol. The molecule has 1 N–H and O–H groups in total. The molecule has 0 fully saturated rings. The van der Waals surface area contributed by atoms with E-state index in [0.717, 1.165) is 18.0 Å². The molecule has 3 heteroatoms. The number of pyridine rings is 1. The second-order valence-corrected chi connectivity index (χ2v) is 4.79. The third-order valence-electron chi connectivity index (χ3n) is 2.73. The van der Waals surface area contributed by atoms with Gasteiger partial charge in [0.05, 0.1) is 5.69 Å². The molecule has 0 spiro atoms. The monoisotopic (exact) mass is 256 g/mol. The summed E-state index contributed by atoms with van der Waals surface area (Å²) in [6.45, 7) is 5.64. The normalized spacial score (nSPS) is 10.7. The van der Waals surface area contributed by atoms with E-state index in [1.807, 2.05) is 30.3 Å². The molecule has 0 radical (unpaired) electrons. The largest absolute Gasteiger partial charge is 0.487 e. The van der Waals surface area contributed by atoms with Crippen molar-refractivity contribution in [3.05, 3.63) is 59.9 Å². The molecule has 2 aromatic rings. The first-order valence-electron chi connectivity index (χ1n) is 6.59. The van der Waals surface area contributed by atoms with Crippen LogP contribution in [0.25, 0.3) is 0 Å². The van der Waals surface area contributed by atoms with Crippen LogP contribution in [0, 0.1) is 0 Å². The lowest BCUT2D eigenvalue weighted by atomic mass is 10.2. The van der Waals surface area contributed by atoms with E-state index in [4.69, 9.17) is 4.74 Å². The van der Waals surface area contributed by atoms with Crippen molar-refractivity contribution in [2.24, 2.45) is 0 Å². The fraction of sp³-hybridized carbons (Fsp3) is 0.312. The predicted molar refractivity (Wildman–Crippen MR) is 77.0 cm³/mol. The minimum Gasteiger partial charge on any atom is -0.487 e. The molecule has 0 aliphatic carbocycles. The van der Waals surface area contributed by atoms with Crippen molar-refractivity contribution in [1.82, 2.24) is 10.3 Å². The van der Waals surface area contributed by atoms with E-state index in [1.165, 1.54) is 5.56 Å². The van der Waals surface area contributed by atoms with E-state index < -0.39 is 0 Å². The number of benzene rings is 1. The quantitative estimate of drug-likeness (QED) is 0.862. The van der Waals surface area contributed by atoms with E-state index in [-0.39, 0.29) is 0 Å². The smallest absolute Gasteiger partial charge is 0.130 e. The van der Waals surface area contributed by atoms with Gasteiger partial charge in [-0.25, -0.2) is 0 Å². The van der Waals surface area contributed by atoms with Crippen LogP contribution in [0.1, 0.15) is 25.1 Å². The molecule has 0 aliphatic heterocycles. The molecule has 1 heterocycles. The lowest BCUT2D eigenvalue weighted by Gasteiger charge is -2.10. The zero-order valence-electron chi connectivity index (χ0n) is 11.5. The molecule has 0 atom stereocenters. The van der Waals surface area contributed by atoms with Crippen molar-refractivity contribution in [2.45, 2.75) is 33.0 Å². The Morgan fingerprint density at radius 1 is 1.16 bits per heavy atom. The third kappa shape index (κ3) is 4.72. The zero-order valence-corrected chi connectivity index (χ0v) is 11.5. The van der Waals surface area contributed by atoms with Gasteiger partial charge in [0.25, 0.3) is 0 Å². The fourth-order valence-corrected chi connectivity index (χ4v) is 1.71. The molecule has 0 aliphatic rings. The summed E-state index contributed by atoms with van der Waals surface area (Å²) in [7, 11) is 0. The number of rotatable bonds is 6. The van der Waals surface area contributed by atoms with Gasteiger partial charge in [0.2, 0.25) is 0 Å². The molecule has 19 heavy (non-hydrogen) atoms. The van der Waals surface area contributed by atoms with Crippen molar-refractivity contribution in [1.29, 1.82) is 0 Å². The molecular formula is C16H20N2O. The highest BCUT2D eigenvalue weighted by atomic mass is 16.5. The molecular weight excluding hydrogens is 236 g/mol. The van der Waals surface area contributed by atoms with Crippen LogP contribution in [-0.4, -0.2) is 11.0 Å². The molecule has 0 bridgehead atoms. The summed E-state index contributed by atoms with van der Waals surface area (Å²) in [6.07, 6.45) is 1.78. The average Bonchev–Trinajstić information content (AvgIpc) is 2.44. The van der Waals surface area contributed by atoms with E-state index in [1.54, 1.807) is 6.20 Å². The van der Waals surface area contributed by atoms with Gasteiger partial charge in [-0.3, -0.25) is 4.98 Å². The number of hydrogen-bond acceptors (Lipinski definition) is 3. The van der Waals surface area contributed by atoms with Gasteiger partial charge < -0.3 is 10.1 Å². The van der Waals surface area contributed by atoms with Crippen LogP contribution >= 0.6 is 0 Å². The van der Waals surface area contributed by atoms with Gasteiger partial charge in [0.1, 0.15) is 12.4 Å². The molecule has 3 nitrogen and oxygen atoms in total. The summed E-state index contributed by atoms with van der Waals surface area (Å²) in [6, 6.07) is 14.5. The van der Waals surface area contributed by atoms with Crippen LogP contribution in [-0.2, 0) is 13.2 Å². The van der Waals surface area contributed by atoms with Crippen LogP contribution < -0.4 is 10.1 Å². The van der Waals surface area contributed by atoms with E-state index in [0.29, 0.717) is 12.6 Å². The summed E-state index contributed by atoms with van der Waals surface area (Å²) in [5.74, 6) is 0.883. The summed E-state index contributed by atoms with van der Waals surface area (Å²) in [5, 5.41) is 3.39. The molecule has 0 unspecified atom stereocenters. The maximum Gasteiger partial charge on any atom is 0.130 e. The van der Waals surface area contributed by atoms with Gasteiger partial charge in [-0.15, -0.1) is 0 Å². The van der Waals surface area contributed by atoms with Crippen LogP contribution in [0.15, 0.2) is 48.7 Å². The fourth-order valence-electron chi connectivity index (χ4n) is 1.71. The summed E-state index contributed by atoms with van der Waals surface area (Å²) >= 11 is 0. The number of nitrogens with zero attached hydrogens (tertiary/aromatic N) is 1. The molecule has 100 valence electrons. The van der Waals surface area contributed by atoms with Gasteiger partial charge in [-0.05, 0) is 29.8 Å². The summed E-state index contributed by atoms with van der Waals surface area (Å²) < 4.78 is 5.75. The third-order valence-corrected chi connectivity index (χ3v) is 2.73. The minimum atomic E-state index is 0.484. The lowest BCUT2D eigenvalue weighted by molar-refractivity contribution is 0.301. The Morgan fingerprint density at radius 3 is 2.79 bits per heavy atom. The first-order valence-corrected chi connectivity index (χ1v) is 6.59. The van der Waals surface area contributed by atoms with Gasteiger partial charge in [-0.2, -0.15) is 0 Å². The molecule has 2 rings (SSSR count). The summed E-state index contributed by atoms with van der Waals surface area (Å²) in [5.41, 5.74) is 2.17. The van der Waals surface area contributed by atoms with Crippen LogP contribution in [0.2, 0.25) is 0 Å². The highest BCUT2D eigenvalue weighted by molar-refractivity contribution is 5.28. The number of aromatic nitrogens is 1. The van der Waals surface area contributed by atoms with Crippen LogP contribution in [0.3, 0.4) is 0 Å². The maximum absolute atomic E-state index is 5.75. The van der Waals surface area contributed by atoms with Gasteiger partial charge in [0.15, 0.2) is 0 Å². The Morgan fingerprint density at radius 2 is 2.05 bits per heavy atom. The van der Waals surface area contributed by atoms with E-state index in [2.05, 4.69) is 36.3 Å². The number of hydrogen-bond donors (Lipinski definition) is 1. The van der Waals surface area contributed by atoms with Crippen molar-refractivity contribution >= 4 is 0 Å². The Bertz CT molecular complexity index is 497. The topological polar surface area (TPSA) is 34.1 Å². The van der Waals surface area contributed by atoms with Gasteiger partial charge in [-0.1, -0.05) is 32.0 Å². The highest BCUT2D eigenvalue weighted by Gasteiger charge is 1.99. The second kappa shape index (κ2) is 6.90. The minimum absolute atomic E-state index is 0.484. The Kier molecular flexibility index (Phi) is 4.93. The predicted octanol–water partition coefficient (Wildman–Crippen LogP) is 3.16.